The number of para-hydroxylation sites is 1. The van der Waals surface area contributed by atoms with Gasteiger partial charge >= 0.3 is 5.97 Å². The molecule has 1 amide bonds. The van der Waals surface area contributed by atoms with E-state index in [2.05, 4.69) is 10.3 Å². The van der Waals surface area contributed by atoms with E-state index in [4.69, 9.17) is 4.74 Å². The van der Waals surface area contributed by atoms with E-state index in [1.54, 1.807) is 18.2 Å². The molecule has 0 aliphatic heterocycles. The minimum Gasteiger partial charge on any atom is -0.464 e. The molecule has 0 bridgehead atoms. The van der Waals surface area contributed by atoms with E-state index in [9.17, 15) is 14.0 Å². The van der Waals surface area contributed by atoms with Crippen molar-refractivity contribution >= 4 is 28.5 Å². The molecular formula is C17H13FN2O3. The van der Waals surface area contributed by atoms with Gasteiger partial charge in [0.2, 0.25) is 0 Å². The number of fused-ring (bicyclic) bond motifs is 1. The number of hydrogen-bond donors (Lipinski definition) is 2. The summed E-state index contributed by atoms with van der Waals surface area (Å²) in [6, 6.07) is 12.3. The fourth-order valence-corrected chi connectivity index (χ4v) is 2.31. The molecule has 0 spiro atoms. The Kier molecular flexibility index (Phi) is 3.80. The van der Waals surface area contributed by atoms with Gasteiger partial charge in [-0.1, -0.05) is 18.2 Å². The second-order valence-corrected chi connectivity index (χ2v) is 4.87. The van der Waals surface area contributed by atoms with Crippen LogP contribution in [0, 0.1) is 5.82 Å². The molecule has 1 aromatic heterocycles. The van der Waals surface area contributed by atoms with Crippen LogP contribution in [0.2, 0.25) is 0 Å². The third-order valence-electron chi connectivity index (χ3n) is 3.44. The standard InChI is InChI=1S/C17H13FN2O3/c1-23-17(22)15-14(12-4-2-3-5-13(12)19-15)20-16(21)10-6-8-11(18)9-7-10/h2-9,19H,1H3,(H,20,21). The summed E-state index contributed by atoms with van der Waals surface area (Å²) in [7, 11) is 1.26. The van der Waals surface area contributed by atoms with Crippen LogP contribution >= 0.6 is 0 Å². The Bertz CT molecular complexity index is 884. The first-order chi connectivity index (χ1) is 11.1. The minimum absolute atomic E-state index is 0.157. The van der Waals surface area contributed by atoms with Gasteiger partial charge in [0.15, 0.2) is 0 Å². The lowest BCUT2D eigenvalue weighted by molar-refractivity contribution is 0.0596. The Balaban J connectivity index is 2.02. The number of hydrogen-bond acceptors (Lipinski definition) is 3. The van der Waals surface area contributed by atoms with E-state index in [1.165, 1.54) is 31.4 Å². The first kappa shape index (κ1) is 14.8. The molecule has 0 fully saturated rings. The van der Waals surface area contributed by atoms with Crippen LogP contribution in [0.5, 0.6) is 0 Å². The van der Waals surface area contributed by atoms with Gasteiger partial charge in [0.1, 0.15) is 11.5 Å². The topological polar surface area (TPSA) is 71.2 Å². The molecule has 0 aliphatic rings. The Labute approximate surface area is 131 Å². The van der Waals surface area contributed by atoms with Crippen molar-refractivity contribution in [2.45, 2.75) is 0 Å². The Morgan fingerprint density at radius 1 is 1.09 bits per heavy atom. The largest absolute Gasteiger partial charge is 0.464 e. The SMILES string of the molecule is COC(=O)c1[nH]c2ccccc2c1NC(=O)c1ccc(F)cc1. The first-order valence-electron chi connectivity index (χ1n) is 6.86. The molecule has 3 rings (SSSR count). The number of rotatable bonds is 3. The number of aromatic nitrogens is 1. The van der Waals surface area contributed by atoms with Gasteiger partial charge < -0.3 is 15.0 Å². The van der Waals surface area contributed by atoms with Gasteiger partial charge in [-0.15, -0.1) is 0 Å². The van der Waals surface area contributed by atoms with Crippen molar-refractivity contribution in [1.82, 2.24) is 4.98 Å². The molecule has 6 heteroatoms. The molecule has 0 atom stereocenters. The summed E-state index contributed by atoms with van der Waals surface area (Å²) in [4.78, 5) is 27.2. The quantitative estimate of drug-likeness (QED) is 0.729. The summed E-state index contributed by atoms with van der Waals surface area (Å²) in [5.41, 5.74) is 1.47. The van der Waals surface area contributed by atoms with Crippen molar-refractivity contribution in [2.75, 3.05) is 12.4 Å². The molecule has 2 N–H and O–H groups in total. The zero-order valence-electron chi connectivity index (χ0n) is 12.2. The molecule has 0 unspecified atom stereocenters. The van der Waals surface area contributed by atoms with E-state index < -0.39 is 17.7 Å². The first-order valence-corrected chi connectivity index (χ1v) is 6.86. The van der Waals surface area contributed by atoms with Crippen molar-refractivity contribution in [3.8, 4) is 0 Å². The number of benzene rings is 2. The van der Waals surface area contributed by atoms with Gasteiger partial charge in [0.25, 0.3) is 5.91 Å². The zero-order chi connectivity index (χ0) is 16.4. The molecule has 5 nitrogen and oxygen atoms in total. The lowest BCUT2D eigenvalue weighted by Crippen LogP contribution is -2.15. The molecule has 116 valence electrons. The highest BCUT2D eigenvalue weighted by atomic mass is 19.1. The number of carbonyl (C=O) groups is 2. The fraction of sp³-hybridized carbons (Fsp3) is 0.0588. The average Bonchev–Trinajstić information content (AvgIpc) is 2.93. The van der Waals surface area contributed by atoms with E-state index >= 15 is 0 Å². The maximum absolute atomic E-state index is 13.0. The molecule has 0 radical (unpaired) electrons. The highest BCUT2D eigenvalue weighted by Crippen LogP contribution is 2.28. The second-order valence-electron chi connectivity index (χ2n) is 4.87. The number of halogens is 1. The number of nitrogens with one attached hydrogen (secondary N) is 2. The third kappa shape index (κ3) is 2.78. The fourth-order valence-electron chi connectivity index (χ4n) is 2.31. The van der Waals surface area contributed by atoms with E-state index in [0.29, 0.717) is 16.6 Å². The van der Waals surface area contributed by atoms with Crippen molar-refractivity contribution in [2.24, 2.45) is 0 Å². The summed E-state index contributed by atoms with van der Waals surface area (Å²) >= 11 is 0. The summed E-state index contributed by atoms with van der Waals surface area (Å²) in [6.07, 6.45) is 0. The highest BCUT2D eigenvalue weighted by Gasteiger charge is 2.20. The van der Waals surface area contributed by atoms with Gasteiger partial charge in [-0.25, -0.2) is 9.18 Å². The number of ether oxygens (including phenoxy) is 1. The molecule has 0 aliphatic carbocycles. The van der Waals surface area contributed by atoms with Crippen LogP contribution in [0.15, 0.2) is 48.5 Å². The third-order valence-corrected chi connectivity index (χ3v) is 3.44. The molecule has 23 heavy (non-hydrogen) atoms. The van der Waals surface area contributed by atoms with Crippen molar-refractivity contribution in [1.29, 1.82) is 0 Å². The smallest absolute Gasteiger partial charge is 0.356 e. The van der Waals surface area contributed by atoms with Gasteiger partial charge in [-0.05, 0) is 30.3 Å². The van der Waals surface area contributed by atoms with E-state index in [-0.39, 0.29) is 11.3 Å². The van der Waals surface area contributed by atoms with Gasteiger partial charge in [-0.3, -0.25) is 4.79 Å². The minimum atomic E-state index is -0.587. The van der Waals surface area contributed by atoms with Gasteiger partial charge in [0, 0.05) is 16.5 Å². The van der Waals surface area contributed by atoms with Gasteiger partial charge in [0.05, 0.1) is 12.8 Å². The predicted molar refractivity (Wildman–Crippen MR) is 84.0 cm³/mol. The zero-order valence-corrected chi connectivity index (χ0v) is 12.2. The molecule has 2 aromatic carbocycles. The van der Waals surface area contributed by atoms with Crippen LogP contribution in [-0.2, 0) is 4.74 Å². The molecular weight excluding hydrogens is 299 g/mol. The number of esters is 1. The Hall–Kier alpha value is -3.15. The molecule has 0 saturated carbocycles. The number of anilines is 1. The monoisotopic (exact) mass is 312 g/mol. The number of aromatic amines is 1. The normalized spacial score (nSPS) is 10.5. The summed E-state index contributed by atoms with van der Waals surface area (Å²) < 4.78 is 17.7. The van der Waals surface area contributed by atoms with Crippen molar-refractivity contribution in [3.05, 3.63) is 65.6 Å². The van der Waals surface area contributed by atoms with E-state index in [1.807, 2.05) is 6.07 Å². The van der Waals surface area contributed by atoms with Crippen molar-refractivity contribution < 1.29 is 18.7 Å². The molecule has 1 heterocycles. The lowest BCUT2D eigenvalue weighted by atomic mass is 10.2. The maximum atomic E-state index is 13.0. The Morgan fingerprint density at radius 3 is 2.48 bits per heavy atom. The number of H-pyrrole nitrogens is 1. The number of methoxy groups -OCH3 is 1. The highest BCUT2D eigenvalue weighted by molar-refractivity contribution is 6.14. The summed E-state index contributed by atoms with van der Waals surface area (Å²) in [6.45, 7) is 0. The summed E-state index contributed by atoms with van der Waals surface area (Å²) in [5, 5.41) is 3.37. The molecule has 3 aromatic rings. The average molecular weight is 312 g/mol. The van der Waals surface area contributed by atoms with Crippen LogP contribution in [0.1, 0.15) is 20.8 Å². The lowest BCUT2D eigenvalue weighted by Gasteiger charge is -2.06. The van der Waals surface area contributed by atoms with Crippen molar-refractivity contribution in [3.63, 3.8) is 0 Å². The van der Waals surface area contributed by atoms with Crippen LogP contribution in [0.4, 0.5) is 10.1 Å². The maximum Gasteiger partial charge on any atom is 0.356 e. The van der Waals surface area contributed by atoms with Crippen LogP contribution < -0.4 is 5.32 Å². The van der Waals surface area contributed by atoms with E-state index in [0.717, 1.165) is 0 Å². The Morgan fingerprint density at radius 2 is 1.78 bits per heavy atom. The van der Waals surface area contributed by atoms with Gasteiger partial charge in [-0.2, -0.15) is 0 Å². The summed E-state index contributed by atoms with van der Waals surface area (Å²) in [5.74, 6) is -1.46. The predicted octanol–water partition coefficient (Wildman–Crippen LogP) is 3.35. The molecule has 0 saturated heterocycles. The van der Waals surface area contributed by atoms with Crippen LogP contribution in [0.25, 0.3) is 10.9 Å². The number of carbonyl (C=O) groups excluding carboxylic acids is 2. The van der Waals surface area contributed by atoms with Crippen LogP contribution in [-0.4, -0.2) is 24.0 Å². The van der Waals surface area contributed by atoms with Crippen LogP contribution in [0.3, 0.4) is 0 Å². The number of amides is 1. The second kappa shape index (κ2) is 5.92.